The Bertz CT molecular complexity index is 1150. The van der Waals surface area contributed by atoms with E-state index in [1.54, 1.807) is 17.4 Å². The van der Waals surface area contributed by atoms with Gasteiger partial charge in [-0.25, -0.2) is 13.2 Å². The van der Waals surface area contributed by atoms with Crippen molar-refractivity contribution < 1.29 is 23.1 Å². The molecular formula is C23H21F3IN3O2S. The Morgan fingerprint density at radius 1 is 1.15 bits per heavy atom. The number of nitrogens with zero attached hydrogens (tertiary/aromatic N) is 1. The molecule has 10 heteroatoms. The van der Waals surface area contributed by atoms with Gasteiger partial charge in [0.1, 0.15) is 11.4 Å². The standard InChI is InChI=1S/C23H21F3IN3O2S/c24-17-5-4-16(21(20(17)26)29-19-6-3-14(27)10-18(19)25)22(31)30-12-23(32,13-30)11-28-8-7-15-2-1-9-33-15/h1-6,9-10,28-29,32H,7-8,11-13H2. The Kier molecular flexibility index (Phi) is 7.27. The van der Waals surface area contributed by atoms with E-state index in [1.807, 2.05) is 40.1 Å². The summed E-state index contributed by atoms with van der Waals surface area (Å²) in [7, 11) is 0. The highest BCUT2D eigenvalue weighted by Gasteiger charge is 2.44. The summed E-state index contributed by atoms with van der Waals surface area (Å²) in [6.45, 7) is 1.09. The van der Waals surface area contributed by atoms with E-state index in [2.05, 4.69) is 10.6 Å². The first kappa shape index (κ1) is 24.0. The summed E-state index contributed by atoms with van der Waals surface area (Å²) in [6, 6.07) is 10.3. The second-order valence-electron chi connectivity index (χ2n) is 7.92. The molecule has 2 aromatic carbocycles. The second-order valence-corrected chi connectivity index (χ2v) is 10.2. The molecule has 0 saturated carbocycles. The van der Waals surface area contributed by atoms with Gasteiger partial charge in [-0.15, -0.1) is 11.3 Å². The van der Waals surface area contributed by atoms with Gasteiger partial charge in [0.25, 0.3) is 5.91 Å². The third-order valence-corrected chi connectivity index (χ3v) is 6.96. The molecule has 1 fully saturated rings. The minimum absolute atomic E-state index is 0.0498. The van der Waals surface area contributed by atoms with Crippen LogP contribution in [-0.2, 0) is 6.42 Å². The molecule has 0 radical (unpaired) electrons. The number of benzene rings is 2. The number of hydrogen-bond donors (Lipinski definition) is 3. The predicted molar refractivity (Wildman–Crippen MR) is 131 cm³/mol. The summed E-state index contributed by atoms with van der Waals surface area (Å²) in [6.07, 6.45) is 0.843. The lowest BCUT2D eigenvalue weighted by Crippen LogP contribution is -2.67. The number of amides is 1. The molecule has 0 bridgehead atoms. The molecule has 0 atom stereocenters. The lowest BCUT2D eigenvalue weighted by atomic mass is 9.92. The molecule has 4 rings (SSSR count). The number of nitrogens with one attached hydrogen (secondary N) is 2. The van der Waals surface area contributed by atoms with E-state index in [0.717, 1.165) is 18.6 Å². The van der Waals surface area contributed by atoms with Gasteiger partial charge in [-0.2, -0.15) is 0 Å². The van der Waals surface area contributed by atoms with Gasteiger partial charge in [0, 0.05) is 21.5 Å². The summed E-state index contributed by atoms with van der Waals surface area (Å²) in [5.74, 6) is -3.67. The topological polar surface area (TPSA) is 64.6 Å². The maximum Gasteiger partial charge on any atom is 0.256 e. The average molecular weight is 587 g/mol. The highest BCUT2D eigenvalue weighted by atomic mass is 127. The third kappa shape index (κ3) is 5.51. The summed E-state index contributed by atoms with van der Waals surface area (Å²) < 4.78 is 43.4. The Morgan fingerprint density at radius 2 is 1.94 bits per heavy atom. The highest BCUT2D eigenvalue weighted by Crippen LogP contribution is 2.31. The van der Waals surface area contributed by atoms with Crippen LogP contribution in [0.5, 0.6) is 0 Å². The van der Waals surface area contributed by atoms with Gasteiger partial charge in [0.15, 0.2) is 11.6 Å². The molecule has 174 valence electrons. The molecule has 0 aliphatic carbocycles. The number of anilines is 2. The molecule has 5 nitrogen and oxygen atoms in total. The quantitative estimate of drug-likeness (QED) is 0.268. The predicted octanol–water partition coefficient (Wildman–Crippen LogP) is 4.53. The van der Waals surface area contributed by atoms with E-state index < -0.39 is 34.6 Å². The SMILES string of the molecule is O=C(c1ccc(F)c(F)c1Nc1ccc(I)cc1F)N1CC(O)(CNCCc2cccs2)C1. The van der Waals surface area contributed by atoms with Crippen molar-refractivity contribution in [2.24, 2.45) is 0 Å². The minimum Gasteiger partial charge on any atom is -0.385 e. The Hall–Kier alpha value is -2.15. The fourth-order valence-corrected chi connectivity index (χ4v) is 4.82. The molecule has 2 heterocycles. The summed E-state index contributed by atoms with van der Waals surface area (Å²) in [4.78, 5) is 15.6. The van der Waals surface area contributed by atoms with Crippen LogP contribution in [0.4, 0.5) is 24.5 Å². The molecule has 0 spiro atoms. The number of thiophene rings is 1. The zero-order valence-electron chi connectivity index (χ0n) is 17.4. The van der Waals surface area contributed by atoms with Crippen molar-refractivity contribution in [3.8, 4) is 0 Å². The third-order valence-electron chi connectivity index (χ3n) is 5.36. The van der Waals surface area contributed by atoms with Gasteiger partial charge in [0.05, 0.1) is 30.0 Å². The van der Waals surface area contributed by atoms with Crippen LogP contribution < -0.4 is 10.6 Å². The lowest BCUT2D eigenvalue weighted by molar-refractivity contribution is -0.0783. The minimum atomic E-state index is -1.27. The normalized spacial score (nSPS) is 14.8. The van der Waals surface area contributed by atoms with Gasteiger partial charge in [-0.05, 0) is 70.8 Å². The van der Waals surface area contributed by atoms with E-state index in [9.17, 15) is 23.1 Å². The van der Waals surface area contributed by atoms with Crippen LogP contribution in [0.3, 0.4) is 0 Å². The van der Waals surface area contributed by atoms with E-state index in [0.29, 0.717) is 16.7 Å². The number of halogens is 4. The highest BCUT2D eigenvalue weighted by molar-refractivity contribution is 14.1. The molecule has 33 heavy (non-hydrogen) atoms. The Labute approximate surface area is 206 Å². The van der Waals surface area contributed by atoms with E-state index in [1.165, 1.54) is 21.9 Å². The van der Waals surface area contributed by atoms with Crippen LogP contribution in [-0.4, -0.2) is 47.7 Å². The Morgan fingerprint density at radius 3 is 2.64 bits per heavy atom. The maximum absolute atomic E-state index is 14.6. The molecule has 1 amide bonds. The van der Waals surface area contributed by atoms with Crippen molar-refractivity contribution in [1.29, 1.82) is 0 Å². The van der Waals surface area contributed by atoms with Gasteiger partial charge in [-0.3, -0.25) is 4.79 Å². The van der Waals surface area contributed by atoms with E-state index >= 15 is 0 Å². The zero-order valence-corrected chi connectivity index (χ0v) is 20.4. The van der Waals surface area contributed by atoms with Crippen molar-refractivity contribution in [2.45, 2.75) is 12.0 Å². The largest absolute Gasteiger partial charge is 0.385 e. The van der Waals surface area contributed by atoms with Crippen LogP contribution in [0.1, 0.15) is 15.2 Å². The number of aliphatic hydroxyl groups is 1. The smallest absolute Gasteiger partial charge is 0.256 e. The summed E-state index contributed by atoms with van der Waals surface area (Å²) in [5.41, 5.74) is -1.76. The van der Waals surface area contributed by atoms with Crippen molar-refractivity contribution in [3.05, 3.63) is 79.3 Å². The number of carbonyl (C=O) groups excluding carboxylic acids is 1. The van der Waals surface area contributed by atoms with Crippen molar-refractivity contribution in [1.82, 2.24) is 10.2 Å². The molecule has 3 N–H and O–H groups in total. The van der Waals surface area contributed by atoms with Gasteiger partial charge >= 0.3 is 0 Å². The van der Waals surface area contributed by atoms with Crippen LogP contribution in [0.2, 0.25) is 0 Å². The van der Waals surface area contributed by atoms with Gasteiger partial charge < -0.3 is 20.6 Å². The first-order valence-corrected chi connectivity index (χ1v) is 12.2. The maximum atomic E-state index is 14.6. The summed E-state index contributed by atoms with van der Waals surface area (Å²) >= 11 is 3.60. The number of likely N-dealkylation sites (tertiary alicyclic amines) is 1. The van der Waals surface area contributed by atoms with Crippen LogP contribution >= 0.6 is 33.9 Å². The van der Waals surface area contributed by atoms with Crippen molar-refractivity contribution in [2.75, 3.05) is 31.5 Å². The second kappa shape index (κ2) is 10.00. The average Bonchev–Trinajstić information content (AvgIpc) is 3.27. The number of rotatable bonds is 8. The number of hydrogen-bond acceptors (Lipinski definition) is 5. The molecular weight excluding hydrogens is 566 g/mol. The molecule has 3 aromatic rings. The van der Waals surface area contributed by atoms with Gasteiger partial charge in [0.2, 0.25) is 0 Å². The zero-order chi connectivity index (χ0) is 23.6. The fourth-order valence-electron chi connectivity index (χ4n) is 3.65. The van der Waals surface area contributed by atoms with Crippen molar-refractivity contribution in [3.63, 3.8) is 0 Å². The van der Waals surface area contributed by atoms with Gasteiger partial charge in [-0.1, -0.05) is 6.07 Å². The van der Waals surface area contributed by atoms with Crippen molar-refractivity contribution >= 4 is 51.2 Å². The molecule has 1 aromatic heterocycles. The molecule has 1 aliphatic heterocycles. The first-order valence-electron chi connectivity index (χ1n) is 10.2. The fraction of sp³-hybridized carbons (Fsp3) is 0.261. The van der Waals surface area contributed by atoms with Crippen LogP contribution in [0, 0.1) is 21.0 Å². The van der Waals surface area contributed by atoms with Crippen LogP contribution in [0.25, 0.3) is 0 Å². The molecule has 1 saturated heterocycles. The molecule has 0 unspecified atom stereocenters. The van der Waals surface area contributed by atoms with E-state index in [-0.39, 0.29) is 24.3 Å². The lowest BCUT2D eigenvalue weighted by Gasteiger charge is -2.46. The monoisotopic (exact) mass is 587 g/mol. The van der Waals surface area contributed by atoms with E-state index in [4.69, 9.17) is 0 Å². The number of β-amino-alcohol motifs (C(OH)–C–C–N with tert-alkyl or cyclic N) is 1. The summed E-state index contributed by atoms with van der Waals surface area (Å²) in [5, 5.41) is 18.4. The Balaban J connectivity index is 1.41. The van der Waals surface area contributed by atoms with Crippen LogP contribution in [0.15, 0.2) is 47.8 Å². The number of carbonyl (C=O) groups is 1. The molecule has 1 aliphatic rings. The first-order chi connectivity index (χ1) is 15.8.